The first kappa shape index (κ1) is 20.9. The highest BCUT2D eigenvalue weighted by Crippen LogP contribution is 2.26. The van der Waals surface area contributed by atoms with Crippen LogP contribution in [0, 0.1) is 13.8 Å². The number of rotatable bonds is 5. The third-order valence-electron chi connectivity index (χ3n) is 5.53. The van der Waals surface area contributed by atoms with Crippen molar-refractivity contribution in [2.24, 2.45) is 0 Å². The number of hydrogen-bond acceptors (Lipinski definition) is 4. The van der Waals surface area contributed by atoms with E-state index in [0.717, 1.165) is 33.0 Å². The largest absolute Gasteiger partial charge is 0.275 e. The second kappa shape index (κ2) is 8.18. The minimum Gasteiger partial charge on any atom is -0.213 e. The lowest BCUT2D eigenvalue weighted by Gasteiger charge is -2.14. The van der Waals surface area contributed by atoms with Gasteiger partial charge in [0, 0.05) is 11.1 Å². The van der Waals surface area contributed by atoms with Crippen LogP contribution in [0.15, 0.2) is 95.9 Å². The lowest BCUT2D eigenvalue weighted by Crippen LogP contribution is -2.25. The third-order valence-corrected chi connectivity index (χ3v) is 6.82. The Balaban J connectivity index is 1.63. The molecule has 0 amide bonds. The van der Waals surface area contributed by atoms with Crippen LogP contribution in [0.2, 0.25) is 0 Å². The molecule has 0 aliphatic heterocycles. The van der Waals surface area contributed by atoms with E-state index < -0.39 is 10.0 Å². The summed E-state index contributed by atoms with van der Waals surface area (Å²) in [4.78, 5) is 2.87. The number of fused-ring (bicyclic) bond motifs is 1. The molecule has 6 nitrogen and oxygen atoms in total. The highest BCUT2D eigenvalue weighted by molar-refractivity contribution is 7.92. The van der Waals surface area contributed by atoms with Gasteiger partial charge in [-0.15, -0.1) is 10.2 Å². The molecule has 0 fully saturated rings. The average molecular weight is 455 g/mol. The quantitative estimate of drug-likeness (QED) is 0.390. The first-order valence-corrected chi connectivity index (χ1v) is 12.0. The highest BCUT2D eigenvalue weighted by Gasteiger charge is 2.22. The Morgan fingerprint density at radius 3 is 1.73 bits per heavy atom. The Labute approximate surface area is 192 Å². The van der Waals surface area contributed by atoms with E-state index in [1.54, 1.807) is 18.2 Å². The molecule has 1 heterocycles. The first-order valence-electron chi connectivity index (χ1n) is 10.5. The summed E-state index contributed by atoms with van der Waals surface area (Å²) >= 11 is 0. The molecule has 1 N–H and O–H groups in total. The fourth-order valence-corrected chi connectivity index (χ4v) is 4.71. The molecule has 0 saturated carbocycles. The lowest BCUT2D eigenvalue weighted by molar-refractivity contribution is 0.595. The van der Waals surface area contributed by atoms with Crippen LogP contribution in [0.3, 0.4) is 0 Å². The van der Waals surface area contributed by atoms with Gasteiger partial charge in [0.15, 0.2) is 11.6 Å². The number of sulfonamides is 1. The highest BCUT2D eigenvalue weighted by atomic mass is 32.2. The van der Waals surface area contributed by atoms with E-state index in [0.29, 0.717) is 11.6 Å². The van der Waals surface area contributed by atoms with Crippen molar-refractivity contribution in [2.75, 3.05) is 4.83 Å². The lowest BCUT2D eigenvalue weighted by atomic mass is 10.1. The molecule has 0 saturated heterocycles. The van der Waals surface area contributed by atoms with Gasteiger partial charge in [-0.3, -0.25) is 0 Å². The summed E-state index contributed by atoms with van der Waals surface area (Å²) in [5.41, 5.74) is 3.71. The number of aryl methyl sites for hydroxylation is 2. The number of hydrogen-bond donors (Lipinski definition) is 1. The van der Waals surface area contributed by atoms with Crippen LogP contribution in [0.5, 0.6) is 0 Å². The Morgan fingerprint density at radius 1 is 0.667 bits per heavy atom. The summed E-state index contributed by atoms with van der Waals surface area (Å²) in [6.07, 6.45) is 0. The van der Waals surface area contributed by atoms with Gasteiger partial charge in [0.05, 0.1) is 4.90 Å². The van der Waals surface area contributed by atoms with Gasteiger partial charge >= 0.3 is 0 Å². The monoisotopic (exact) mass is 454 g/mol. The van der Waals surface area contributed by atoms with Crippen LogP contribution in [-0.2, 0) is 10.0 Å². The van der Waals surface area contributed by atoms with E-state index in [1.165, 1.54) is 4.68 Å². The van der Waals surface area contributed by atoms with Gasteiger partial charge in [0.25, 0.3) is 10.0 Å². The normalized spacial score (nSPS) is 11.6. The van der Waals surface area contributed by atoms with Crippen LogP contribution in [-0.4, -0.2) is 23.3 Å². The summed E-state index contributed by atoms with van der Waals surface area (Å²) < 4.78 is 28.3. The number of nitrogens with zero attached hydrogens (tertiary/aromatic N) is 3. The maximum absolute atomic E-state index is 13.4. The molecule has 5 rings (SSSR count). The number of aromatic nitrogens is 3. The molecule has 0 spiro atoms. The number of nitrogens with one attached hydrogen (secondary N) is 1. The molecule has 0 aliphatic carbocycles. The topological polar surface area (TPSA) is 76.9 Å². The van der Waals surface area contributed by atoms with Crippen molar-refractivity contribution in [3.63, 3.8) is 0 Å². The molecule has 1 aromatic heterocycles. The van der Waals surface area contributed by atoms with E-state index in [4.69, 9.17) is 0 Å². The molecule has 5 aromatic rings. The molecular weight excluding hydrogens is 432 g/mol. The third kappa shape index (κ3) is 4.10. The minimum absolute atomic E-state index is 0.166. The summed E-state index contributed by atoms with van der Waals surface area (Å²) in [5.74, 6) is 0.824. The standard InChI is InChI=1S/C26H22N4O2S/c1-18-7-11-21(12-8-18)25-27-28-26(22-13-9-19(2)10-14-22)30(25)29-33(31,32)24-16-15-20-5-3-4-6-23(20)17-24/h3-17,29H,1-2H3. The van der Waals surface area contributed by atoms with Crippen LogP contribution >= 0.6 is 0 Å². The van der Waals surface area contributed by atoms with Crippen molar-refractivity contribution in [1.82, 2.24) is 14.9 Å². The van der Waals surface area contributed by atoms with Crippen molar-refractivity contribution in [3.8, 4) is 22.8 Å². The zero-order valence-electron chi connectivity index (χ0n) is 18.2. The van der Waals surface area contributed by atoms with Gasteiger partial charge in [-0.25, -0.2) is 9.51 Å². The Kier molecular flexibility index (Phi) is 5.18. The van der Waals surface area contributed by atoms with Crippen molar-refractivity contribution >= 4 is 20.8 Å². The zero-order valence-corrected chi connectivity index (χ0v) is 19.0. The second-order valence-electron chi connectivity index (χ2n) is 8.02. The average Bonchev–Trinajstić information content (AvgIpc) is 3.22. The van der Waals surface area contributed by atoms with Crippen molar-refractivity contribution in [2.45, 2.75) is 18.7 Å². The SMILES string of the molecule is Cc1ccc(-c2nnc(-c3ccc(C)cc3)n2NS(=O)(=O)c2ccc3ccccc3c2)cc1. The fraction of sp³-hybridized carbons (Fsp3) is 0.0769. The zero-order chi connectivity index (χ0) is 23.0. The number of benzene rings is 4. The summed E-state index contributed by atoms with van der Waals surface area (Å²) in [7, 11) is -3.92. The molecule has 33 heavy (non-hydrogen) atoms. The van der Waals surface area contributed by atoms with E-state index in [1.807, 2.05) is 86.6 Å². The van der Waals surface area contributed by atoms with Gasteiger partial charge in [0.1, 0.15) is 0 Å². The van der Waals surface area contributed by atoms with Crippen LogP contribution < -0.4 is 4.83 Å². The summed E-state index contributed by atoms with van der Waals surface area (Å²) in [6.45, 7) is 3.99. The van der Waals surface area contributed by atoms with Gasteiger partial charge in [-0.2, -0.15) is 8.42 Å². The van der Waals surface area contributed by atoms with Crippen molar-refractivity contribution < 1.29 is 8.42 Å². The van der Waals surface area contributed by atoms with Gasteiger partial charge in [0.2, 0.25) is 0 Å². The molecule has 164 valence electrons. The van der Waals surface area contributed by atoms with E-state index >= 15 is 0 Å². The molecular formula is C26H22N4O2S. The second-order valence-corrected chi connectivity index (χ2v) is 9.68. The Hall–Kier alpha value is -3.97. The minimum atomic E-state index is -3.92. The van der Waals surface area contributed by atoms with E-state index in [9.17, 15) is 8.42 Å². The van der Waals surface area contributed by atoms with E-state index in [2.05, 4.69) is 15.0 Å². The van der Waals surface area contributed by atoms with Gasteiger partial charge < -0.3 is 0 Å². The maximum Gasteiger partial charge on any atom is 0.275 e. The van der Waals surface area contributed by atoms with Gasteiger partial charge in [-0.05, 0) is 36.8 Å². The molecule has 0 bridgehead atoms. The maximum atomic E-state index is 13.4. The fourth-order valence-electron chi connectivity index (χ4n) is 3.66. The Bertz CT molecular complexity index is 1490. The molecule has 0 aliphatic rings. The predicted molar refractivity (Wildman–Crippen MR) is 131 cm³/mol. The molecule has 0 unspecified atom stereocenters. The van der Waals surface area contributed by atoms with Crippen molar-refractivity contribution in [3.05, 3.63) is 102 Å². The molecule has 7 heteroatoms. The van der Waals surface area contributed by atoms with E-state index in [-0.39, 0.29) is 4.90 Å². The smallest absolute Gasteiger partial charge is 0.213 e. The summed E-state index contributed by atoms with van der Waals surface area (Å²) in [6, 6.07) is 28.2. The van der Waals surface area contributed by atoms with Crippen LogP contribution in [0.4, 0.5) is 0 Å². The Morgan fingerprint density at radius 2 is 1.18 bits per heavy atom. The van der Waals surface area contributed by atoms with Gasteiger partial charge in [-0.1, -0.05) is 90.0 Å². The summed E-state index contributed by atoms with van der Waals surface area (Å²) in [5, 5.41) is 10.5. The molecule has 4 aromatic carbocycles. The molecule has 0 atom stereocenters. The van der Waals surface area contributed by atoms with Crippen molar-refractivity contribution in [1.29, 1.82) is 0 Å². The van der Waals surface area contributed by atoms with Crippen LogP contribution in [0.25, 0.3) is 33.5 Å². The first-order chi connectivity index (χ1) is 15.9. The molecule has 0 radical (unpaired) electrons. The predicted octanol–water partition coefficient (Wildman–Crippen LogP) is 5.31. The van der Waals surface area contributed by atoms with Crippen LogP contribution in [0.1, 0.15) is 11.1 Å².